The lowest BCUT2D eigenvalue weighted by Gasteiger charge is -2.10. The lowest BCUT2D eigenvalue weighted by atomic mass is 10.2. The SMILES string of the molecule is CC(Cc1ccco1)NCc1cn2cc(Cl)ccc2n1. The fourth-order valence-corrected chi connectivity index (χ4v) is 2.35. The zero-order valence-corrected chi connectivity index (χ0v) is 12.0. The van der Waals surface area contributed by atoms with Crippen LogP contribution in [0.4, 0.5) is 0 Å². The first-order chi connectivity index (χ1) is 9.70. The third-order valence-electron chi connectivity index (χ3n) is 3.18. The van der Waals surface area contributed by atoms with E-state index in [2.05, 4.69) is 17.2 Å². The summed E-state index contributed by atoms with van der Waals surface area (Å²) >= 11 is 5.96. The minimum atomic E-state index is 0.328. The third-order valence-corrected chi connectivity index (χ3v) is 3.41. The van der Waals surface area contributed by atoms with E-state index in [1.54, 1.807) is 6.26 Å². The zero-order chi connectivity index (χ0) is 13.9. The number of fused-ring (bicyclic) bond motifs is 1. The van der Waals surface area contributed by atoms with Crippen molar-refractivity contribution in [3.05, 3.63) is 59.4 Å². The molecule has 0 saturated carbocycles. The number of furan rings is 1. The van der Waals surface area contributed by atoms with Crippen molar-refractivity contribution in [2.24, 2.45) is 0 Å². The van der Waals surface area contributed by atoms with Crippen LogP contribution in [0.2, 0.25) is 5.02 Å². The molecule has 0 aliphatic heterocycles. The number of aromatic nitrogens is 2. The molecule has 0 amide bonds. The van der Waals surface area contributed by atoms with Gasteiger partial charge in [0.25, 0.3) is 0 Å². The third kappa shape index (κ3) is 3.03. The summed E-state index contributed by atoms with van der Waals surface area (Å²) < 4.78 is 7.28. The molecule has 3 aromatic heterocycles. The van der Waals surface area contributed by atoms with Gasteiger partial charge in [0.05, 0.1) is 17.0 Å². The van der Waals surface area contributed by atoms with Gasteiger partial charge in [-0.2, -0.15) is 0 Å². The van der Waals surface area contributed by atoms with Crippen molar-refractivity contribution in [3.63, 3.8) is 0 Å². The summed E-state index contributed by atoms with van der Waals surface area (Å²) in [6.07, 6.45) is 6.42. The first kappa shape index (κ1) is 13.2. The maximum absolute atomic E-state index is 5.96. The molecule has 3 rings (SSSR count). The van der Waals surface area contributed by atoms with E-state index in [0.29, 0.717) is 11.1 Å². The van der Waals surface area contributed by atoms with Crippen LogP contribution in [0, 0.1) is 0 Å². The van der Waals surface area contributed by atoms with E-state index >= 15 is 0 Å². The minimum Gasteiger partial charge on any atom is -0.469 e. The Hall–Kier alpha value is -1.78. The topological polar surface area (TPSA) is 42.5 Å². The van der Waals surface area contributed by atoms with Gasteiger partial charge in [-0.15, -0.1) is 0 Å². The molecule has 3 heterocycles. The van der Waals surface area contributed by atoms with E-state index in [4.69, 9.17) is 16.0 Å². The van der Waals surface area contributed by atoms with Crippen LogP contribution in [0.25, 0.3) is 5.65 Å². The van der Waals surface area contributed by atoms with Gasteiger partial charge in [0.2, 0.25) is 0 Å². The van der Waals surface area contributed by atoms with Gasteiger partial charge in [-0.1, -0.05) is 11.6 Å². The second-order valence-electron chi connectivity index (χ2n) is 4.91. The van der Waals surface area contributed by atoms with Crippen molar-refractivity contribution in [2.75, 3.05) is 0 Å². The van der Waals surface area contributed by atoms with Crippen molar-refractivity contribution < 1.29 is 4.42 Å². The van der Waals surface area contributed by atoms with E-state index < -0.39 is 0 Å². The summed E-state index contributed by atoms with van der Waals surface area (Å²) in [5, 5.41) is 4.15. The highest BCUT2D eigenvalue weighted by Gasteiger charge is 2.07. The molecule has 3 aromatic rings. The number of nitrogens with one attached hydrogen (secondary N) is 1. The predicted molar refractivity (Wildman–Crippen MR) is 78.9 cm³/mol. The van der Waals surface area contributed by atoms with Gasteiger partial charge in [-0.25, -0.2) is 4.98 Å². The molecule has 1 unspecified atom stereocenters. The molecule has 0 aromatic carbocycles. The summed E-state index contributed by atoms with van der Waals surface area (Å²) in [5.74, 6) is 0.992. The van der Waals surface area contributed by atoms with Gasteiger partial charge in [0.15, 0.2) is 0 Å². The molecule has 104 valence electrons. The molecule has 0 bridgehead atoms. The summed E-state index contributed by atoms with van der Waals surface area (Å²) in [5.41, 5.74) is 1.91. The van der Waals surface area contributed by atoms with Gasteiger partial charge in [0.1, 0.15) is 11.4 Å². The Morgan fingerprint density at radius 2 is 2.25 bits per heavy atom. The average Bonchev–Trinajstić information content (AvgIpc) is 3.04. The summed E-state index contributed by atoms with van der Waals surface area (Å²) in [7, 11) is 0. The summed E-state index contributed by atoms with van der Waals surface area (Å²) in [6.45, 7) is 2.86. The monoisotopic (exact) mass is 289 g/mol. The maximum atomic E-state index is 5.96. The van der Waals surface area contributed by atoms with Crippen LogP contribution in [0.1, 0.15) is 18.4 Å². The molecule has 5 heteroatoms. The molecule has 0 spiro atoms. The average molecular weight is 290 g/mol. The van der Waals surface area contributed by atoms with E-state index in [-0.39, 0.29) is 0 Å². The van der Waals surface area contributed by atoms with Crippen LogP contribution in [-0.2, 0) is 13.0 Å². The van der Waals surface area contributed by atoms with Crippen molar-refractivity contribution >= 4 is 17.2 Å². The van der Waals surface area contributed by atoms with Crippen LogP contribution >= 0.6 is 11.6 Å². The lowest BCUT2D eigenvalue weighted by molar-refractivity contribution is 0.455. The maximum Gasteiger partial charge on any atom is 0.137 e. The Kier molecular flexibility index (Phi) is 3.76. The second kappa shape index (κ2) is 5.69. The highest BCUT2D eigenvalue weighted by Crippen LogP contribution is 2.12. The fourth-order valence-electron chi connectivity index (χ4n) is 2.18. The minimum absolute atomic E-state index is 0.328. The molecule has 20 heavy (non-hydrogen) atoms. The van der Waals surface area contributed by atoms with Crippen LogP contribution < -0.4 is 5.32 Å². The van der Waals surface area contributed by atoms with Gasteiger partial charge in [-0.05, 0) is 31.2 Å². The van der Waals surface area contributed by atoms with Crippen LogP contribution in [0.15, 0.2) is 47.3 Å². The predicted octanol–water partition coefficient (Wildman–Crippen LogP) is 3.30. The quantitative estimate of drug-likeness (QED) is 0.784. The number of hydrogen-bond donors (Lipinski definition) is 1. The number of halogens is 1. The smallest absolute Gasteiger partial charge is 0.137 e. The van der Waals surface area contributed by atoms with Gasteiger partial charge >= 0.3 is 0 Å². The fraction of sp³-hybridized carbons (Fsp3) is 0.267. The molecular formula is C15H16ClN3O. The molecule has 0 aliphatic carbocycles. The van der Waals surface area contributed by atoms with Crippen LogP contribution in [0.3, 0.4) is 0 Å². The Morgan fingerprint density at radius 1 is 1.35 bits per heavy atom. The highest BCUT2D eigenvalue weighted by atomic mass is 35.5. The number of hydrogen-bond acceptors (Lipinski definition) is 3. The number of pyridine rings is 1. The molecule has 0 radical (unpaired) electrons. The lowest BCUT2D eigenvalue weighted by Crippen LogP contribution is -2.27. The van der Waals surface area contributed by atoms with Crippen LogP contribution in [0.5, 0.6) is 0 Å². The summed E-state index contributed by atoms with van der Waals surface area (Å²) in [4.78, 5) is 4.54. The normalized spacial score (nSPS) is 12.9. The first-order valence-electron chi connectivity index (χ1n) is 6.59. The van der Waals surface area contributed by atoms with Gasteiger partial charge in [-0.3, -0.25) is 0 Å². The first-order valence-corrected chi connectivity index (χ1v) is 6.97. The molecule has 0 fully saturated rings. The van der Waals surface area contributed by atoms with E-state index in [9.17, 15) is 0 Å². The van der Waals surface area contributed by atoms with E-state index in [1.165, 1.54) is 0 Å². The van der Waals surface area contributed by atoms with E-state index in [0.717, 1.165) is 30.1 Å². The highest BCUT2D eigenvalue weighted by molar-refractivity contribution is 6.30. The number of imidazole rings is 1. The zero-order valence-electron chi connectivity index (χ0n) is 11.2. The molecule has 0 aliphatic rings. The van der Waals surface area contributed by atoms with Crippen molar-refractivity contribution in [2.45, 2.75) is 25.9 Å². The Labute approximate surface area is 122 Å². The molecular weight excluding hydrogens is 274 g/mol. The summed E-state index contributed by atoms with van der Waals surface area (Å²) in [6, 6.07) is 7.99. The Morgan fingerprint density at radius 3 is 3.05 bits per heavy atom. The van der Waals surface area contributed by atoms with Crippen LogP contribution in [-0.4, -0.2) is 15.4 Å². The van der Waals surface area contributed by atoms with Gasteiger partial charge < -0.3 is 14.1 Å². The molecule has 1 N–H and O–H groups in total. The Balaban J connectivity index is 1.61. The standard InChI is InChI=1S/C15H16ClN3O/c1-11(7-14-3-2-6-20-14)17-8-13-10-19-9-12(16)4-5-15(19)18-13/h2-6,9-11,17H,7-8H2,1H3. The second-order valence-corrected chi connectivity index (χ2v) is 5.35. The number of nitrogens with zero attached hydrogens (tertiary/aromatic N) is 2. The van der Waals surface area contributed by atoms with Crippen molar-refractivity contribution in [1.82, 2.24) is 14.7 Å². The molecule has 0 saturated heterocycles. The van der Waals surface area contributed by atoms with E-state index in [1.807, 2.05) is 41.1 Å². The van der Waals surface area contributed by atoms with Crippen molar-refractivity contribution in [3.8, 4) is 0 Å². The Bertz CT molecular complexity index is 690. The van der Waals surface area contributed by atoms with Gasteiger partial charge in [0, 0.05) is 31.4 Å². The molecule has 4 nitrogen and oxygen atoms in total. The largest absolute Gasteiger partial charge is 0.469 e. The number of rotatable bonds is 5. The van der Waals surface area contributed by atoms with Crippen molar-refractivity contribution in [1.29, 1.82) is 0 Å². The molecule has 1 atom stereocenters.